The molecule has 2 aliphatic heterocycles. The molecule has 16 nitrogen and oxygen atoms in total. The Morgan fingerprint density at radius 3 is 2.45 bits per heavy atom. The van der Waals surface area contributed by atoms with Crippen LogP contribution in [0.25, 0.3) is 21.1 Å². The topological polar surface area (TPSA) is 165 Å². The number of fused-ring (bicyclic) bond motifs is 2. The molecule has 1 aromatic carbocycles. The molecule has 1 atom stereocenters. The van der Waals surface area contributed by atoms with Crippen LogP contribution < -0.4 is 14.8 Å². The van der Waals surface area contributed by atoms with Crippen LogP contribution in [0.15, 0.2) is 46.4 Å². The van der Waals surface area contributed by atoms with Crippen LogP contribution in [-0.2, 0) is 27.9 Å². The third kappa shape index (κ3) is 10.6. The number of thiophene rings is 1. The number of benzene rings is 1. The number of amides is 4. The number of pyridine rings is 1. The zero-order valence-electron chi connectivity index (χ0n) is 37.6. The van der Waals surface area contributed by atoms with Crippen molar-refractivity contribution < 1.29 is 46.7 Å². The highest BCUT2D eigenvalue weighted by Gasteiger charge is 2.37. The van der Waals surface area contributed by atoms with Crippen molar-refractivity contribution in [3.05, 3.63) is 77.0 Å². The normalized spacial score (nSPS) is 17.0. The van der Waals surface area contributed by atoms with Crippen LogP contribution >= 0.6 is 11.3 Å². The number of nitrogens with one attached hydrogen (secondary N) is 1. The Morgan fingerprint density at radius 2 is 1.70 bits per heavy atom. The van der Waals surface area contributed by atoms with Crippen molar-refractivity contribution in [2.45, 2.75) is 70.6 Å². The van der Waals surface area contributed by atoms with Crippen molar-refractivity contribution in [1.82, 2.24) is 39.6 Å². The van der Waals surface area contributed by atoms with Crippen LogP contribution in [0.1, 0.15) is 78.5 Å². The Morgan fingerprint density at radius 1 is 0.955 bits per heavy atom. The van der Waals surface area contributed by atoms with E-state index in [4.69, 9.17) is 18.7 Å². The highest BCUT2D eigenvalue weighted by molar-refractivity contribution is 7.17. The van der Waals surface area contributed by atoms with Crippen molar-refractivity contribution in [2.75, 3.05) is 72.7 Å². The van der Waals surface area contributed by atoms with Gasteiger partial charge in [0.2, 0.25) is 11.8 Å². The number of rotatable bonds is 17. The third-order valence-corrected chi connectivity index (χ3v) is 13.9. The van der Waals surface area contributed by atoms with E-state index in [1.165, 1.54) is 22.9 Å². The molecule has 1 radical (unpaired) electrons. The summed E-state index contributed by atoms with van der Waals surface area (Å²) in [5.41, 5.74) is 1.06. The first-order valence-corrected chi connectivity index (χ1v) is 23.6. The standard InChI is InChI=1S/C47H57F2N8O8S/c1-4-39(58)51-42(30-8-6-5-7-9-30)46(60)56-17-19-57(20-18-56)47(61)43-41(33-27-34(48)35(49)28-37(33)54(43)3)45(59)53(2)21-22-62-23-24-63-40-26-32(65-52-40)29-55-15-11-31(12-16-55)64-38-10-14-50-36-13-25-66-44(36)38/h4,10,13-14,25-28,30-31,42H,5-9,11-12,15-24,29H2,1-3H3,(H,51,58)/t42-/m0/s1. The van der Waals surface area contributed by atoms with Gasteiger partial charge in [0.05, 0.1) is 41.1 Å². The molecule has 4 aromatic heterocycles. The van der Waals surface area contributed by atoms with Crippen LogP contribution in [0, 0.1) is 24.0 Å². The number of likely N-dealkylation sites (N-methyl/N-ethyl adjacent to an activating group) is 1. The molecule has 1 aliphatic carbocycles. The van der Waals surface area contributed by atoms with Crippen molar-refractivity contribution in [3.63, 3.8) is 0 Å². The van der Waals surface area contributed by atoms with Gasteiger partial charge in [0, 0.05) is 90.0 Å². The molecule has 8 rings (SSSR count). The average Bonchev–Trinajstić information content (AvgIpc) is 4.08. The zero-order chi connectivity index (χ0) is 46.3. The van der Waals surface area contributed by atoms with E-state index < -0.39 is 29.5 Å². The molecule has 19 heteroatoms. The van der Waals surface area contributed by atoms with Gasteiger partial charge in [-0.25, -0.2) is 8.78 Å². The predicted octanol–water partition coefficient (Wildman–Crippen LogP) is 5.84. The largest absolute Gasteiger partial charge is 0.489 e. The van der Waals surface area contributed by atoms with Crippen molar-refractivity contribution >= 4 is 56.1 Å². The molecule has 0 bridgehead atoms. The van der Waals surface area contributed by atoms with E-state index in [1.54, 1.807) is 47.4 Å². The molecule has 3 aliphatic rings. The molecule has 0 spiro atoms. The second-order valence-electron chi connectivity index (χ2n) is 17.2. The van der Waals surface area contributed by atoms with Gasteiger partial charge >= 0.3 is 0 Å². The van der Waals surface area contributed by atoms with E-state index in [9.17, 15) is 28.0 Å². The predicted molar refractivity (Wildman–Crippen MR) is 242 cm³/mol. The number of carbonyl (C=O) groups is 4. The van der Waals surface area contributed by atoms with Gasteiger partial charge in [-0.2, -0.15) is 0 Å². The number of piperazine rings is 1. The van der Waals surface area contributed by atoms with Gasteiger partial charge in [0.25, 0.3) is 17.7 Å². The Labute approximate surface area is 386 Å². The van der Waals surface area contributed by atoms with Crippen LogP contribution in [0.5, 0.6) is 11.6 Å². The Balaban J connectivity index is 0.811. The minimum Gasteiger partial charge on any atom is -0.489 e. The Bertz CT molecular complexity index is 2510. The van der Waals surface area contributed by atoms with Gasteiger partial charge < -0.3 is 43.3 Å². The summed E-state index contributed by atoms with van der Waals surface area (Å²) in [5.74, 6) is -1.87. The summed E-state index contributed by atoms with van der Waals surface area (Å²) < 4.78 is 55.2. The van der Waals surface area contributed by atoms with Crippen LogP contribution in [0.4, 0.5) is 8.78 Å². The second kappa shape index (κ2) is 21.3. The van der Waals surface area contributed by atoms with Crippen LogP contribution in [-0.4, -0.2) is 143 Å². The van der Waals surface area contributed by atoms with E-state index in [2.05, 4.69) is 20.4 Å². The fraction of sp³-hybridized carbons (Fsp3) is 0.511. The van der Waals surface area contributed by atoms with Crippen molar-refractivity contribution in [1.29, 1.82) is 0 Å². The summed E-state index contributed by atoms with van der Waals surface area (Å²) in [6.07, 6.45) is 9.88. The Kier molecular flexibility index (Phi) is 15.1. The average molecular weight is 932 g/mol. The maximum atomic E-state index is 14.7. The molecule has 1 saturated carbocycles. The van der Waals surface area contributed by atoms with E-state index in [0.717, 1.165) is 86.1 Å². The number of hydrogen-bond donors (Lipinski definition) is 1. The van der Waals surface area contributed by atoms with Gasteiger partial charge in [0.1, 0.15) is 30.2 Å². The summed E-state index contributed by atoms with van der Waals surface area (Å²) in [6.45, 7) is 5.30. The van der Waals surface area contributed by atoms with E-state index in [-0.39, 0.29) is 98.5 Å². The molecule has 2 saturated heterocycles. The lowest BCUT2D eigenvalue weighted by atomic mass is 9.83. The van der Waals surface area contributed by atoms with Crippen LogP contribution in [0.2, 0.25) is 0 Å². The maximum absolute atomic E-state index is 14.7. The minimum absolute atomic E-state index is 0.0157. The molecule has 0 unspecified atom stereocenters. The molecular formula is C47H57F2N8O8S. The number of carbonyl (C=O) groups excluding carboxylic acids is 4. The fourth-order valence-electron chi connectivity index (χ4n) is 9.22. The second-order valence-corrected chi connectivity index (χ2v) is 18.1. The summed E-state index contributed by atoms with van der Waals surface area (Å²) in [4.78, 5) is 66.0. The summed E-state index contributed by atoms with van der Waals surface area (Å²) in [5, 5.41) is 9.08. The van der Waals surface area contributed by atoms with Crippen molar-refractivity contribution in [3.8, 4) is 11.6 Å². The molecule has 1 N–H and O–H groups in total. The van der Waals surface area contributed by atoms with Crippen molar-refractivity contribution in [2.24, 2.45) is 13.0 Å². The molecule has 353 valence electrons. The van der Waals surface area contributed by atoms with E-state index in [0.29, 0.717) is 18.2 Å². The minimum atomic E-state index is -1.15. The van der Waals surface area contributed by atoms with Gasteiger partial charge in [-0.05, 0) is 60.3 Å². The number of likely N-dealkylation sites (tertiary alicyclic amines) is 1. The highest BCUT2D eigenvalue weighted by atomic mass is 32.1. The molecular weight excluding hydrogens is 875 g/mol. The van der Waals surface area contributed by atoms with E-state index in [1.807, 2.05) is 17.5 Å². The quantitative estimate of drug-likeness (QED) is 0.112. The first kappa shape index (κ1) is 46.9. The molecule has 5 aromatic rings. The van der Waals surface area contributed by atoms with E-state index >= 15 is 0 Å². The zero-order valence-corrected chi connectivity index (χ0v) is 38.5. The highest BCUT2D eigenvalue weighted by Crippen LogP contribution is 2.33. The Hall–Kier alpha value is -5.66. The fourth-order valence-corrected chi connectivity index (χ4v) is 10.0. The summed E-state index contributed by atoms with van der Waals surface area (Å²) in [7, 11) is 3.09. The lowest BCUT2D eigenvalue weighted by Gasteiger charge is -2.39. The SMILES string of the molecule is C[CH]C(=O)N[C@H](C(=O)N1CCN(C(=O)c2c(C(=O)N(C)CCOCCOc3cc(CN4CCC(Oc5ccnc6ccsc56)CC4)on3)c3cc(F)c(F)cc3n2C)CC1)C1CCCCC1. The number of halogens is 2. The summed E-state index contributed by atoms with van der Waals surface area (Å²) in [6, 6.07) is 6.96. The molecule has 6 heterocycles. The van der Waals surface area contributed by atoms with Gasteiger partial charge in [-0.15, -0.1) is 11.3 Å². The first-order chi connectivity index (χ1) is 32.0. The van der Waals surface area contributed by atoms with Crippen LogP contribution in [0.3, 0.4) is 0 Å². The van der Waals surface area contributed by atoms with Gasteiger partial charge in [-0.3, -0.25) is 29.1 Å². The lowest BCUT2D eigenvalue weighted by molar-refractivity contribution is -0.139. The number of ether oxygens (including phenoxy) is 3. The van der Waals surface area contributed by atoms with Gasteiger partial charge in [-0.1, -0.05) is 26.2 Å². The first-order valence-electron chi connectivity index (χ1n) is 22.8. The lowest BCUT2D eigenvalue weighted by Crippen LogP contribution is -2.58. The van der Waals surface area contributed by atoms with Gasteiger partial charge in [0.15, 0.2) is 17.4 Å². The number of hydrogen-bond acceptors (Lipinski definition) is 12. The smallest absolute Gasteiger partial charge is 0.271 e. The monoisotopic (exact) mass is 931 g/mol. The molecule has 66 heavy (non-hydrogen) atoms. The summed E-state index contributed by atoms with van der Waals surface area (Å²) >= 11 is 1.63. The number of piperidine rings is 1. The third-order valence-electron chi connectivity index (χ3n) is 12.9. The molecule has 4 amide bonds. The number of aromatic nitrogens is 3. The molecule has 3 fully saturated rings. The number of aryl methyl sites for hydroxylation is 1. The maximum Gasteiger partial charge on any atom is 0.271 e. The number of nitrogens with zero attached hydrogens (tertiary/aromatic N) is 7.